The number of amides is 6. The van der Waals surface area contributed by atoms with E-state index in [1.54, 1.807) is 43.3 Å². The van der Waals surface area contributed by atoms with E-state index in [0.717, 1.165) is 5.56 Å². The molecule has 0 spiro atoms. The zero-order chi connectivity index (χ0) is 39.5. The summed E-state index contributed by atoms with van der Waals surface area (Å²) in [6, 6.07) is 10.3. The lowest BCUT2D eigenvalue weighted by atomic mass is 10.0. The Morgan fingerprint density at radius 2 is 1.60 bits per heavy atom. The van der Waals surface area contributed by atoms with Crippen molar-refractivity contribution in [3.63, 3.8) is 0 Å². The fourth-order valence-corrected chi connectivity index (χ4v) is 6.92. The van der Waals surface area contributed by atoms with Crippen molar-refractivity contribution in [3.8, 4) is 0 Å². The molecular weight excluding hydrogens is 708 g/mol. The maximum absolute atomic E-state index is 14.0. The molecule has 0 unspecified atom stereocenters. The highest BCUT2D eigenvalue weighted by molar-refractivity contribution is 5.97. The molecule has 6 atom stereocenters. The number of aromatic nitrogens is 2. The highest BCUT2D eigenvalue weighted by Crippen LogP contribution is 2.20. The van der Waals surface area contributed by atoms with Crippen molar-refractivity contribution >= 4 is 46.3 Å². The number of hydrogen-bond acceptors (Lipinski definition) is 9. The van der Waals surface area contributed by atoms with Gasteiger partial charge in [0.15, 0.2) is 0 Å². The van der Waals surface area contributed by atoms with Crippen LogP contribution >= 0.6 is 0 Å². The third-order valence-electron chi connectivity index (χ3n) is 10.0. The van der Waals surface area contributed by atoms with E-state index in [-0.39, 0.29) is 50.2 Å². The molecule has 2 aliphatic rings. The molecule has 2 aliphatic heterocycles. The van der Waals surface area contributed by atoms with Crippen LogP contribution in [-0.2, 0) is 41.7 Å². The second-order valence-corrected chi connectivity index (χ2v) is 14.1. The molecule has 2 saturated heterocycles. The summed E-state index contributed by atoms with van der Waals surface area (Å²) in [4.78, 5) is 100. The monoisotopic (exact) mass is 758 g/mol. The van der Waals surface area contributed by atoms with Crippen molar-refractivity contribution in [1.29, 1.82) is 0 Å². The minimum Gasteiger partial charge on any atom is -0.391 e. The predicted octanol–water partition coefficient (Wildman–Crippen LogP) is 0.0504. The number of carbonyl (C=O) groups is 6. The molecule has 294 valence electrons. The lowest BCUT2D eigenvalue weighted by Crippen LogP contribution is -2.61. The molecule has 0 bridgehead atoms. The molecule has 3 heterocycles. The quantitative estimate of drug-likeness (QED) is 0.183. The van der Waals surface area contributed by atoms with Crippen molar-refractivity contribution in [1.82, 2.24) is 41.0 Å². The fourth-order valence-electron chi connectivity index (χ4n) is 6.92. The lowest BCUT2D eigenvalue weighted by molar-refractivity contribution is -0.142. The standard InChI is InChI=1S/C39H50N8O8/c1-3-27-34(50)45-33(24(2)48)37(53)44-30(22-25-12-5-4-6-13-25)39(55)47-20-11-17-31(47)36(52)40-19-10-9-16-29(35(51)43-27)42-32(49)18-21-46-23-41-28-15-8-7-14-26(28)38(46)54/h4-8,12-15,23-24,27,29-31,33,48H,3,9-11,16-22H2,1-2H3,(H,40,52)(H,42,49)(H,43,51)(H,44,53)(H,45,50)/t24-,27+,29+,30-,31+,33+/m1/s1. The highest BCUT2D eigenvalue weighted by atomic mass is 16.3. The number of aliphatic hydroxyl groups is 1. The van der Waals surface area contributed by atoms with Gasteiger partial charge >= 0.3 is 0 Å². The smallest absolute Gasteiger partial charge is 0.261 e. The van der Waals surface area contributed by atoms with E-state index in [1.807, 2.05) is 18.2 Å². The number of benzene rings is 2. The molecule has 6 N–H and O–H groups in total. The average Bonchev–Trinajstić information content (AvgIpc) is 3.68. The SMILES string of the molecule is CC[C@@H]1NC(=O)[C@@H](NC(=O)CCn2cnc3ccccc3c2=O)CCCCNC(=O)[C@@H]2CCCN2C(=O)[C@@H](Cc2ccccc2)NC(=O)[C@H]([C@@H](C)O)NC1=O. The largest absolute Gasteiger partial charge is 0.391 e. The van der Waals surface area contributed by atoms with Crippen LogP contribution in [0, 0.1) is 0 Å². The van der Waals surface area contributed by atoms with Crippen molar-refractivity contribution in [2.24, 2.45) is 0 Å². The predicted molar refractivity (Wildman–Crippen MR) is 202 cm³/mol. The summed E-state index contributed by atoms with van der Waals surface area (Å²) >= 11 is 0. The van der Waals surface area contributed by atoms with Gasteiger partial charge in [0, 0.05) is 32.5 Å². The Bertz CT molecular complexity index is 1920. The molecule has 16 heteroatoms. The second kappa shape index (κ2) is 19.1. The van der Waals surface area contributed by atoms with Gasteiger partial charge in [0.2, 0.25) is 35.4 Å². The second-order valence-electron chi connectivity index (χ2n) is 14.1. The number of nitrogens with zero attached hydrogens (tertiary/aromatic N) is 3. The Balaban J connectivity index is 1.34. The Kier molecular flexibility index (Phi) is 14.1. The van der Waals surface area contributed by atoms with Crippen LogP contribution in [0.5, 0.6) is 0 Å². The first-order chi connectivity index (χ1) is 26.5. The minimum atomic E-state index is -1.49. The summed E-state index contributed by atoms with van der Waals surface area (Å²) in [7, 11) is 0. The molecule has 0 aliphatic carbocycles. The number of carbonyl (C=O) groups excluding carboxylic acids is 6. The van der Waals surface area contributed by atoms with Crippen LogP contribution < -0.4 is 32.1 Å². The molecule has 2 fully saturated rings. The first kappa shape index (κ1) is 40.5. The number of hydrogen-bond donors (Lipinski definition) is 6. The Labute approximate surface area is 318 Å². The van der Waals surface area contributed by atoms with Gasteiger partial charge in [-0.15, -0.1) is 0 Å². The molecule has 6 amide bonds. The molecule has 2 aromatic carbocycles. The molecule has 16 nitrogen and oxygen atoms in total. The number of nitrogens with one attached hydrogen (secondary N) is 5. The maximum Gasteiger partial charge on any atom is 0.261 e. The number of aryl methyl sites for hydroxylation is 1. The van der Waals surface area contributed by atoms with Gasteiger partial charge < -0.3 is 36.6 Å². The van der Waals surface area contributed by atoms with Crippen LogP contribution in [0.15, 0.2) is 65.7 Å². The zero-order valence-corrected chi connectivity index (χ0v) is 31.2. The van der Waals surface area contributed by atoms with Gasteiger partial charge in [-0.05, 0) is 63.1 Å². The molecule has 1 aromatic heterocycles. The number of rotatable bonds is 8. The van der Waals surface area contributed by atoms with Gasteiger partial charge in [-0.1, -0.05) is 49.4 Å². The van der Waals surface area contributed by atoms with Gasteiger partial charge in [-0.3, -0.25) is 38.1 Å². The van der Waals surface area contributed by atoms with Crippen LogP contribution in [0.3, 0.4) is 0 Å². The van der Waals surface area contributed by atoms with Crippen LogP contribution in [0.2, 0.25) is 0 Å². The number of para-hydroxylation sites is 1. The lowest BCUT2D eigenvalue weighted by Gasteiger charge is -2.30. The van der Waals surface area contributed by atoms with Crippen LogP contribution in [0.4, 0.5) is 0 Å². The third kappa shape index (κ3) is 10.5. The van der Waals surface area contributed by atoms with Crippen LogP contribution in [0.25, 0.3) is 10.9 Å². The average molecular weight is 759 g/mol. The molecule has 0 saturated carbocycles. The molecule has 3 aromatic rings. The summed E-state index contributed by atoms with van der Waals surface area (Å²) in [5, 5.41) is 24.6. The summed E-state index contributed by atoms with van der Waals surface area (Å²) < 4.78 is 1.33. The summed E-state index contributed by atoms with van der Waals surface area (Å²) in [6.07, 6.45) is 2.10. The van der Waals surface area contributed by atoms with E-state index in [1.165, 1.54) is 22.7 Å². The van der Waals surface area contributed by atoms with E-state index in [9.17, 15) is 38.7 Å². The van der Waals surface area contributed by atoms with Gasteiger partial charge in [-0.2, -0.15) is 0 Å². The number of aliphatic hydroxyl groups excluding tert-OH is 1. The van der Waals surface area contributed by atoms with E-state index in [4.69, 9.17) is 0 Å². The van der Waals surface area contributed by atoms with Gasteiger partial charge in [-0.25, -0.2) is 4.98 Å². The van der Waals surface area contributed by atoms with E-state index < -0.39 is 65.8 Å². The zero-order valence-electron chi connectivity index (χ0n) is 31.2. The summed E-state index contributed by atoms with van der Waals surface area (Å²) in [6.45, 7) is 3.55. The maximum atomic E-state index is 14.0. The van der Waals surface area contributed by atoms with E-state index in [2.05, 4.69) is 31.6 Å². The first-order valence-electron chi connectivity index (χ1n) is 18.9. The topological polar surface area (TPSA) is 221 Å². The molecular formula is C39H50N8O8. The minimum absolute atomic E-state index is 0.0125. The third-order valence-corrected chi connectivity index (χ3v) is 10.0. The highest BCUT2D eigenvalue weighted by Gasteiger charge is 2.39. The summed E-state index contributed by atoms with van der Waals surface area (Å²) in [5.41, 5.74) is 0.986. The van der Waals surface area contributed by atoms with Gasteiger partial charge in [0.1, 0.15) is 30.2 Å². The first-order valence-corrected chi connectivity index (χ1v) is 18.9. The Hall–Kier alpha value is -5.64. The van der Waals surface area contributed by atoms with E-state index in [0.29, 0.717) is 43.1 Å². The van der Waals surface area contributed by atoms with Crippen LogP contribution in [0.1, 0.15) is 64.4 Å². The van der Waals surface area contributed by atoms with Crippen molar-refractivity contribution in [3.05, 3.63) is 76.8 Å². The molecule has 55 heavy (non-hydrogen) atoms. The normalized spacial score (nSPS) is 23.9. The Morgan fingerprint density at radius 3 is 2.35 bits per heavy atom. The fraction of sp³-hybridized carbons (Fsp3) is 0.487. The van der Waals surface area contributed by atoms with Crippen molar-refractivity contribution in [2.75, 3.05) is 13.1 Å². The Morgan fingerprint density at radius 1 is 0.873 bits per heavy atom. The molecule has 5 rings (SSSR count). The molecule has 0 radical (unpaired) electrons. The van der Waals surface area contributed by atoms with Gasteiger partial charge in [0.05, 0.1) is 23.3 Å². The van der Waals surface area contributed by atoms with Crippen molar-refractivity contribution in [2.45, 2.75) is 108 Å². The summed E-state index contributed by atoms with van der Waals surface area (Å²) in [5.74, 6) is -3.51. The van der Waals surface area contributed by atoms with Gasteiger partial charge in [0.25, 0.3) is 5.56 Å². The number of fused-ring (bicyclic) bond motifs is 2. The van der Waals surface area contributed by atoms with Crippen LogP contribution in [-0.4, -0.2) is 104 Å². The van der Waals surface area contributed by atoms with E-state index >= 15 is 0 Å². The van der Waals surface area contributed by atoms with Crippen molar-refractivity contribution < 1.29 is 33.9 Å².